The van der Waals surface area contributed by atoms with Crippen LogP contribution < -0.4 is 15.4 Å². The number of nitrogens with zero attached hydrogens (tertiary/aromatic N) is 2. The number of rotatable bonds is 13. The Morgan fingerprint density at radius 1 is 1.09 bits per heavy atom. The van der Waals surface area contributed by atoms with Crippen molar-refractivity contribution in [3.05, 3.63) is 53.1 Å². The van der Waals surface area contributed by atoms with Crippen molar-refractivity contribution in [1.29, 1.82) is 0 Å². The summed E-state index contributed by atoms with van der Waals surface area (Å²) in [5.41, 5.74) is 4.11. The fourth-order valence-corrected chi connectivity index (χ4v) is 9.79. The van der Waals surface area contributed by atoms with Gasteiger partial charge in [-0.2, -0.15) is 5.06 Å². The van der Waals surface area contributed by atoms with Crippen LogP contribution in [0.2, 0.25) is 0 Å². The molecule has 0 spiro atoms. The molecule has 4 N–H and O–H groups in total. The molecule has 10 nitrogen and oxygen atoms in total. The molecule has 1 heterocycles. The Balaban J connectivity index is 1.47. The third-order valence-electron chi connectivity index (χ3n) is 12.8. The van der Waals surface area contributed by atoms with Gasteiger partial charge in [0.1, 0.15) is 17.9 Å². The first-order valence-electron chi connectivity index (χ1n) is 20.4. The number of hydrogen-bond acceptors (Lipinski definition) is 8. The number of likely N-dealkylation sites (N-methyl/N-ethyl adjacent to an activating group) is 1. The number of aliphatic hydroxyl groups excluding tert-OH is 2. The van der Waals surface area contributed by atoms with E-state index in [1.165, 1.54) is 6.42 Å². The van der Waals surface area contributed by atoms with E-state index in [9.17, 15) is 19.8 Å². The van der Waals surface area contributed by atoms with Gasteiger partial charge in [0.25, 0.3) is 5.91 Å². The number of carbonyl (C=O) groups excluding carboxylic acids is 2. The summed E-state index contributed by atoms with van der Waals surface area (Å²) in [6.07, 6.45) is 1.33. The van der Waals surface area contributed by atoms with Crippen LogP contribution in [0.25, 0.3) is 11.1 Å². The molecule has 0 radical (unpaired) electrons. The fourth-order valence-electron chi connectivity index (χ4n) is 9.79. The van der Waals surface area contributed by atoms with Crippen LogP contribution in [0, 0.1) is 34.5 Å². The van der Waals surface area contributed by atoms with E-state index in [0.717, 1.165) is 41.6 Å². The SMILES string of the molecule is COc1c(CN2O[C@@H](CO)[C@H]([C@H](C)O)[C@H]2C(=O)N[C@H]2C[C@H]3C[C@@H]([C@@H]2C)C3(C)C)cccc1-c1cc(C(=O)N[C@H](CN(C)C)CC(C)(C)C)cc(C(C)(C)C)c1. The summed E-state index contributed by atoms with van der Waals surface area (Å²) in [7, 11) is 5.67. The van der Waals surface area contributed by atoms with E-state index in [0.29, 0.717) is 29.1 Å². The Morgan fingerprint density at radius 2 is 1.78 bits per heavy atom. The number of carbonyl (C=O) groups is 2. The van der Waals surface area contributed by atoms with Crippen molar-refractivity contribution in [2.45, 2.75) is 131 Å². The number of nitrogens with one attached hydrogen (secondary N) is 2. The Morgan fingerprint density at radius 3 is 2.33 bits per heavy atom. The van der Waals surface area contributed by atoms with E-state index in [1.54, 1.807) is 19.1 Å². The van der Waals surface area contributed by atoms with E-state index in [-0.39, 0.29) is 53.3 Å². The number of methoxy groups -OCH3 is 1. The predicted octanol–water partition coefficient (Wildman–Crippen LogP) is 6.42. The first-order valence-corrected chi connectivity index (χ1v) is 20.4. The van der Waals surface area contributed by atoms with Gasteiger partial charge in [-0.15, -0.1) is 0 Å². The largest absolute Gasteiger partial charge is 0.496 e. The maximum atomic E-state index is 14.3. The molecule has 306 valence electrons. The molecule has 4 aliphatic rings. The molecular formula is C45H70N4O6. The van der Waals surface area contributed by atoms with E-state index in [1.807, 2.05) is 44.4 Å². The van der Waals surface area contributed by atoms with Crippen LogP contribution in [-0.2, 0) is 21.6 Å². The molecule has 10 heteroatoms. The molecular weight excluding hydrogens is 693 g/mol. The van der Waals surface area contributed by atoms with Gasteiger partial charge in [0, 0.05) is 41.2 Å². The first kappa shape index (κ1) is 43.1. The average Bonchev–Trinajstić information content (AvgIpc) is 3.45. The van der Waals surface area contributed by atoms with Crippen molar-refractivity contribution in [3.63, 3.8) is 0 Å². The standard InChI is InChI=1S/C45H70N4O6/c1-26-35-20-32(45(35,9)10)21-36(26)47-42(53)39-38(27(2)51)37(25-50)55-49(39)23-28-15-14-16-34(40(28)54-13)29-17-30(19-31(18-29)44(6,7)8)41(52)46-33(24-48(11)12)22-43(3,4)5/h14-19,26-27,32-33,35-39,50-51H,20-25H2,1-13H3,(H,46,52)(H,47,53)/t26-,27-,32+,33-,35-,36-,37-,38-,39-/m0/s1. The summed E-state index contributed by atoms with van der Waals surface area (Å²) in [5, 5.41) is 29.7. The summed E-state index contributed by atoms with van der Waals surface area (Å²) in [5.74, 6) is 1.12. The number of benzene rings is 2. The van der Waals surface area contributed by atoms with E-state index >= 15 is 0 Å². The number of amides is 2. The lowest BCUT2D eigenvalue weighted by atomic mass is 9.45. The van der Waals surface area contributed by atoms with E-state index < -0.39 is 24.2 Å². The van der Waals surface area contributed by atoms with Gasteiger partial charge in [-0.25, -0.2) is 0 Å². The number of para-hydroxylation sites is 1. The predicted molar refractivity (Wildman–Crippen MR) is 219 cm³/mol. The molecule has 9 atom stereocenters. The highest BCUT2D eigenvalue weighted by atomic mass is 16.7. The van der Waals surface area contributed by atoms with Gasteiger partial charge >= 0.3 is 0 Å². The van der Waals surface area contributed by atoms with Crippen molar-refractivity contribution in [1.82, 2.24) is 20.6 Å². The molecule has 4 fully saturated rings. The van der Waals surface area contributed by atoms with Crippen molar-refractivity contribution < 1.29 is 29.4 Å². The first-order chi connectivity index (χ1) is 25.5. The molecule has 2 bridgehead atoms. The van der Waals surface area contributed by atoms with Gasteiger partial charge in [0.05, 0.1) is 26.4 Å². The van der Waals surface area contributed by atoms with Gasteiger partial charge in [0.2, 0.25) is 5.91 Å². The smallest absolute Gasteiger partial charge is 0.251 e. The minimum absolute atomic E-state index is 0.0280. The van der Waals surface area contributed by atoms with Crippen molar-refractivity contribution in [3.8, 4) is 16.9 Å². The Labute approximate surface area is 330 Å². The number of aliphatic hydroxyl groups is 2. The molecule has 6 rings (SSSR count). The van der Waals surface area contributed by atoms with Gasteiger partial charge in [-0.05, 0) is 97.5 Å². The summed E-state index contributed by atoms with van der Waals surface area (Å²) in [6, 6.07) is 11.1. The summed E-state index contributed by atoms with van der Waals surface area (Å²) in [6.45, 7) is 22.1. The second kappa shape index (κ2) is 16.5. The molecule has 3 aliphatic carbocycles. The molecule has 2 amide bonds. The highest BCUT2D eigenvalue weighted by molar-refractivity contribution is 5.96. The minimum atomic E-state index is -0.896. The quantitative estimate of drug-likeness (QED) is 0.185. The summed E-state index contributed by atoms with van der Waals surface area (Å²) >= 11 is 0. The highest BCUT2D eigenvalue weighted by Crippen LogP contribution is 2.61. The fraction of sp³-hybridized carbons (Fsp3) is 0.689. The topological polar surface area (TPSA) is 124 Å². The van der Waals surface area contributed by atoms with Crippen LogP contribution >= 0.6 is 0 Å². The zero-order valence-corrected chi connectivity index (χ0v) is 35.8. The maximum Gasteiger partial charge on any atom is 0.251 e. The molecule has 1 saturated heterocycles. The van der Waals surface area contributed by atoms with E-state index in [2.05, 4.69) is 83.9 Å². The lowest BCUT2D eigenvalue weighted by Crippen LogP contribution is -2.62. The number of fused-ring (bicyclic) bond motifs is 2. The Kier molecular flexibility index (Phi) is 12.9. The molecule has 2 aromatic carbocycles. The average molecular weight is 763 g/mol. The third-order valence-corrected chi connectivity index (χ3v) is 12.8. The summed E-state index contributed by atoms with van der Waals surface area (Å²) < 4.78 is 6.14. The molecule has 1 aliphatic heterocycles. The molecule has 55 heavy (non-hydrogen) atoms. The van der Waals surface area contributed by atoms with Gasteiger partial charge in [-0.3, -0.25) is 14.4 Å². The lowest BCUT2D eigenvalue weighted by Gasteiger charge is -2.62. The van der Waals surface area contributed by atoms with Crippen LogP contribution in [-0.4, -0.2) is 96.7 Å². The lowest BCUT2D eigenvalue weighted by molar-refractivity contribution is -0.183. The normalized spacial score (nSPS) is 27.7. The Bertz CT molecular complexity index is 1680. The van der Waals surface area contributed by atoms with Gasteiger partial charge < -0.3 is 30.5 Å². The molecule has 0 aromatic heterocycles. The molecule has 2 aromatic rings. The highest BCUT2D eigenvalue weighted by Gasteiger charge is 2.57. The van der Waals surface area contributed by atoms with Crippen LogP contribution in [0.4, 0.5) is 0 Å². The third kappa shape index (κ3) is 9.41. The van der Waals surface area contributed by atoms with Crippen LogP contribution in [0.15, 0.2) is 36.4 Å². The maximum absolute atomic E-state index is 14.3. The van der Waals surface area contributed by atoms with Crippen LogP contribution in [0.1, 0.15) is 110 Å². The van der Waals surface area contributed by atoms with Crippen LogP contribution in [0.3, 0.4) is 0 Å². The monoisotopic (exact) mass is 763 g/mol. The Hall–Kier alpha value is -3.02. The molecule has 3 saturated carbocycles. The number of hydroxylamine groups is 2. The van der Waals surface area contributed by atoms with Crippen LogP contribution in [0.5, 0.6) is 5.75 Å². The summed E-state index contributed by atoms with van der Waals surface area (Å²) in [4.78, 5) is 36.8. The van der Waals surface area contributed by atoms with Gasteiger partial charge in [0.15, 0.2) is 0 Å². The molecule has 0 unspecified atom stereocenters. The van der Waals surface area contributed by atoms with E-state index in [4.69, 9.17) is 9.57 Å². The van der Waals surface area contributed by atoms with Crippen molar-refractivity contribution in [2.24, 2.45) is 34.5 Å². The van der Waals surface area contributed by atoms with Crippen molar-refractivity contribution in [2.75, 3.05) is 34.4 Å². The number of ether oxygens (including phenoxy) is 1. The zero-order valence-electron chi connectivity index (χ0n) is 35.8. The second-order valence-corrected chi connectivity index (χ2v) is 20.0. The second-order valence-electron chi connectivity index (χ2n) is 20.0. The number of hydrogen-bond donors (Lipinski definition) is 4. The minimum Gasteiger partial charge on any atom is -0.496 e. The van der Waals surface area contributed by atoms with Crippen molar-refractivity contribution >= 4 is 11.8 Å². The zero-order chi connectivity index (χ0) is 40.8. The van der Waals surface area contributed by atoms with Gasteiger partial charge in [-0.1, -0.05) is 86.6 Å².